The van der Waals surface area contributed by atoms with E-state index < -0.39 is 0 Å². The fourth-order valence-corrected chi connectivity index (χ4v) is 3.88. The highest BCUT2D eigenvalue weighted by molar-refractivity contribution is 7.09. The number of rotatable bonds is 6. The molecule has 19 heavy (non-hydrogen) atoms. The lowest BCUT2D eigenvalue weighted by Crippen LogP contribution is -2.40. The summed E-state index contributed by atoms with van der Waals surface area (Å²) in [5.41, 5.74) is 0.250. The van der Waals surface area contributed by atoms with Crippen LogP contribution in [0, 0.1) is 11.8 Å². The third-order valence-electron chi connectivity index (χ3n) is 4.30. The number of nitrogens with one attached hydrogen (secondary N) is 1. The highest BCUT2D eigenvalue weighted by Gasteiger charge is 2.25. The molecular weight excluding hydrogens is 250 g/mol. The van der Waals surface area contributed by atoms with E-state index in [1.165, 1.54) is 45.1 Å². The molecule has 1 fully saturated rings. The molecule has 1 aliphatic carbocycles. The van der Waals surface area contributed by atoms with Crippen molar-refractivity contribution in [1.29, 1.82) is 0 Å². The van der Waals surface area contributed by atoms with Gasteiger partial charge >= 0.3 is 0 Å². The Bertz CT molecular complexity index is 344. The van der Waals surface area contributed by atoms with Crippen molar-refractivity contribution in [2.24, 2.45) is 11.8 Å². The van der Waals surface area contributed by atoms with Gasteiger partial charge in [-0.25, -0.2) is 0 Å². The third kappa shape index (κ3) is 5.27. The molecule has 0 radical (unpaired) electrons. The Labute approximate surface area is 122 Å². The molecule has 0 amide bonds. The minimum atomic E-state index is 0.250. The summed E-state index contributed by atoms with van der Waals surface area (Å²) in [6.07, 6.45) is 8.45. The maximum Gasteiger partial charge on any atom is 0.00966 e. The van der Waals surface area contributed by atoms with Crippen molar-refractivity contribution in [3.05, 3.63) is 22.4 Å². The third-order valence-corrected chi connectivity index (χ3v) is 5.24. The molecule has 1 saturated carbocycles. The molecule has 108 valence electrons. The van der Waals surface area contributed by atoms with Crippen LogP contribution in [0.25, 0.3) is 0 Å². The molecule has 0 bridgehead atoms. The van der Waals surface area contributed by atoms with Gasteiger partial charge in [0.25, 0.3) is 0 Å². The van der Waals surface area contributed by atoms with Crippen LogP contribution in [0.2, 0.25) is 0 Å². The minimum absolute atomic E-state index is 0.250. The van der Waals surface area contributed by atoms with Gasteiger partial charge in [-0.3, -0.25) is 0 Å². The van der Waals surface area contributed by atoms with Crippen LogP contribution in [0.15, 0.2) is 17.5 Å². The smallest absolute Gasteiger partial charge is 0.00966 e. The van der Waals surface area contributed by atoms with E-state index in [1.54, 1.807) is 4.88 Å². The second-order valence-corrected chi connectivity index (χ2v) is 8.09. The van der Waals surface area contributed by atoms with E-state index in [-0.39, 0.29) is 5.54 Å². The lowest BCUT2D eigenvalue weighted by Gasteiger charge is -2.29. The Morgan fingerprint density at radius 1 is 1.32 bits per heavy atom. The van der Waals surface area contributed by atoms with Gasteiger partial charge in [-0.05, 0) is 63.4 Å². The van der Waals surface area contributed by atoms with Crippen LogP contribution < -0.4 is 5.32 Å². The summed E-state index contributed by atoms with van der Waals surface area (Å²) in [5.74, 6) is 1.83. The fourth-order valence-electron chi connectivity index (χ4n) is 3.15. The number of aryl methyl sites for hydroxylation is 1. The van der Waals surface area contributed by atoms with Gasteiger partial charge in [0.2, 0.25) is 0 Å². The maximum atomic E-state index is 3.73. The van der Waals surface area contributed by atoms with Crippen LogP contribution in [0.3, 0.4) is 0 Å². The molecule has 1 heterocycles. The number of thiophene rings is 1. The van der Waals surface area contributed by atoms with E-state index >= 15 is 0 Å². The SMILES string of the molecule is CC(C)(C)NCC(CCc1cccs1)C1CCCC1. The van der Waals surface area contributed by atoms with Gasteiger partial charge in [-0.15, -0.1) is 11.3 Å². The first kappa shape index (κ1) is 15.1. The van der Waals surface area contributed by atoms with E-state index in [1.807, 2.05) is 11.3 Å². The van der Waals surface area contributed by atoms with Crippen molar-refractivity contribution in [3.8, 4) is 0 Å². The Balaban J connectivity index is 1.85. The van der Waals surface area contributed by atoms with E-state index in [4.69, 9.17) is 0 Å². The van der Waals surface area contributed by atoms with Crippen LogP contribution in [-0.4, -0.2) is 12.1 Å². The van der Waals surface area contributed by atoms with Gasteiger partial charge < -0.3 is 5.32 Å². The summed E-state index contributed by atoms with van der Waals surface area (Å²) in [7, 11) is 0. The van der Waals surface area contributed by atoms with Crippen molar-refractivity contribution in [1.82, 2.24) is 5.32 Å². The Hall–Kier alpha value is -0.340. The molecule has 2 heteroatoms. The van der Waals surface area contributed by atoms with Crippen LogP contribution in [-0.2, 0) is 6.42 Å². The fraction of sp³-hybridized carbons (Fsp3) is 0.765. The summed E-state index contributed by atoms with van der Waals surface area (Å²) in [5, 5.41) is 5.93. The molecule has 0 saturated heterocycles. The molecular formula is C17H29NS. The first-order valence-electron chi connectivity index (χ1n) is 7.82. The molecule has 1 atom stereocenters. The summed E-state index contributed by atoms with van der Waals surface area (Å²) in [6.45, 7) is 8.02. The van der Waals surface area contributed by atoms with Crippen molar-refractivity contribution in [2.45, 2.75) is 64.8 Å². The molecule has 1 aromatic rings. The predicted octanol–water partition coefficient (Wildman–Crippen LogP) is 4.88. The van der Waals surface area contributed by atoms with E-state index in [0.717, 1.165) is 11.8 Å². The molecule has 1 nitrogen and oxygen atoms in total. The van der Waals surface area contributed by atoms with Crippen molar-refractivity contribution < 1.29 is 0 Å². The van der Waals surface area contributed by atoms with Gasteiger partial charge in [0.1, 0.15) is 0 Å². The summed E-state index contributed by atoms with van der Waals surface area (Å²) >= 11 is 1.91. The average Bonchev–Trinajstić information content (AvgIpc) is 2.99. The van der Waals surface area contributed by atoms with Crippen molar-refractivity contribution >= 4 is 11.3 Å². The molecule has 0 aliphatic heterocycles. The minimum Gasteiger partial charge on any atom is -0.312 e. The summed E-state index contributed by atoms with van der Waals surface area (Å²) in [6, 6.07) is 4.46. The zero-order valence-electron chi connectivity index (χ0n) is 12.7. The highest BCUT2D eigenvalue weighted by Crippen LogP contribution is 2.34. The topological polar surface area (TPSA) is 12.0 Å². The molecule has 1 aliphatic rings. The molecule has 0 spiro atoms. The molecule has 1 aromatic heterocycles. The zero-order chi connectivity index (χ0) is 13.7. The van der Waals surface area contributed by atoms with Crippen LogP contribution >= 0.6 is 11.3 Å². The van der Waals surface area contributed by atoms with E-state index in [2.05, 4.69) is 43.6 Å². The quantitative estimate of drug-likeness (QED) is 0.783. The summed E-state index contributed by atoms with van der Waals surface area (Å²) < 4.78 is 0. The van der Waals surface area contributed by atoms with E-state index in [9.17, 15) is 0 Å². The van der Waals surface area contributed by atoms with Gasteiger partial charge in [-0.2, -0.15) is 0 Å². The van der Waals surface area contributed by atoms with Crippen molar-refractivity contribution in [3.63, 3.8) is 0 Å². The standard InChI is InChI=1S/C17H29NS/c1-17(2,3)18-13-15(14-7-4-5-8-14)10-11-16-9-6-12-19-16/h6,9,12,14-15,18H,4-5,7-8,10-11,13H2,1-3H3. The first-order valence-corrected chi connectivity index (χ1v) is 8.70. The first-order chi connectivity index (χ1) is 9.04. The van der Waals surface area contributed by atoms with Crippen LogP contribution in [0.1, 0.15) is 57.8 Å². The molecule has 1 unspecified atom stereocenters. The normalized spacial score (nSPS) is 18.9. The predicted molar refractivity (Wildman–Crippen MR) is 85.8 cm³/mol. The Kier molecular flexibility index (Phi) is 5.47. The van der Waals surface area contributed by atoms with Gasteiger partial charge in [0, 0.05) is 10.4 Å². The van der Waals surface area contributed by atoms with Crippen molar-refractivity contribution in [2.75, 3.05) is 6.54 Å². The Morgan fingerprint density at radius 3 is 2.63 bits per heavy atom. The van der Waals surface area contributed by atoms with Gasteiger partial charge in [0.15, 0.2) is 0 Å². The van der Waals surface area contributed by atoms with Gasteiger partial charge in [0.05, 0.1) is 0 Å². The average molecular weight is 279 g/mol. The monoisotopic (exact) mass is 279 g/mol. The summed E-state index contributed by atoms with van der Waals surface area (Å²) in [4.78, 5) is 1.55. The van der Waals surface area contributed by atoms with Gasteiger partial charge in [-0.1, -0.05) is 31.7 Å². The second kappa shape index (κ2) is 6.90. The molecule has 0 aromatic carbocycles. The van der Waals surface area contributed by atoms with Crippen LogP contribution in [0.4, 0.5) is 0 Å². The number of hydrogen-bond acceptors (Lipinski definition) is 2. The van der Waals surface area contributed by atoms with Crippen LogP contribution in [0.5, 0.6) is 0 Å². The lowest BCUT2D eigenvalue weighted by molar-refractivity contribution is 0.275. The van der Waals surface area contributed by atoms with E-state index in [0.29, 0.717) is 0 Å². The number of hydrogen-bond donors (Lipinski definition) is 1. The largest absolute Gasteiger partial charge is 0.312 e. The lowest BCUT2D eigenvalue weighted by atomic mass is 9.86. The highest BCUT2D eigenvalue weighted by atomic mass is 32.1. The Morgan fingerprint density at radius 2 is 2.05 bits per heavy atom. The zero-order valence-corrected chi connectivity index (χ0v) is 13.6. The maximum absolute atomic E-state index is 3.73. The molecule has 2 rings (SSSR count). The molecule has 1 N–H and O–H groups in total. The second-order valence-electron chi connectivity index (χ2n) is 7.05.